The number of nitrogens with one attached hydrogen (secondary N) is 1. The van der Waals surface area contributed by atoms with Gasteiger partial charge >= 0.3 is 6.18 Å². The zero-order valence-electron chi connectivity index (χ0n) is 13.0. The first-order chi connectivity index (χ1) is 11.8. The van der Waals surface area contributed by atoms with Gasteiger partial charge in [-0.05, 0) is 24.1 Å². The summed E-state index contributed by atoms with van der Waals surface area (Å²) in [6.07, 6.45) is -2.96. The molecule has 0 unspecified atom stereocenters. The fourth-order valence-corrected chi connectivity index (χ4v) is 4.03. The van der Waals surface area contributed by atoms with Crippen molar-refractivity contribution >= 4 is 21.7 Å². The van der Waals surface area contributed by atoms with Gasteiger partial charge in [0, 0.05) is 19.3 Å². The number of para-hydroxylation sites is 1. The molecule has 134 valence electrons. The molecule has 2 aromatic rings. The zero-order chi connectivity index (χ0) is 18.1. The number of rotatable bonds is 5. The lowest BCUT2D eigenvalue weighted by atomic mass is 10.2. The van der Waals surface area contributed by atoms with Gasteiger partial charge in [0.15, 0.2) is 0 Å². The molecule has 3 rings (SSSR count). The second kappa shape index (κ2) is 6.51. The van der Waals surface area contributed by atoms with Crippen molar-refractivity contribution in [2.45, 2.75) is 12.6 Å². The van der Waals surface area contributed by atoms with Crippen molar-refractivity contribution in [3.8, 4) is 0 Å². The Labute approximate surface area is 142 Å². The monoisotopic (exact) mass is 372 g/mol. The minimum atomic E-state index is -4.58. The van der Waals surface area contributed by atoms with Gasteiger partial charge in [0.2, 0.25) is 16.0 Å². The molecule has 1 N–H and O–H groups in total. The summed E-state index contributed by atoms with van der Waals surface area (Å²) in [5.74, 6) is -0.534. The highest BCUT2D eigenvalue weighted by Crippen LogP contribution is 2.30. The van der Waals surface area contributed by atoms with E-state index >= 15 is 0 Å². The molecule has 25 heavy (non-hydrogen) atoms. The van der Waals surface area contributed by atoms with Crippen LogP contribution in [0, 0.1) is 0 Å². The molecule has 0 amide bonds. The first-order valence-electron chi connectivity index (χ1n) is 7.50. The predicted octanol–water partition coefficient (Wildman–Crippen LogP) is 2.30. The van der Waals surface area contributed by atoms with Gasteiger partial charge in [0.1, 0.15) is 5.69 Å². The standard InChI is InChI=1S/C15H15F3N4O2S/c16-15(17,18)13-5-7-19-14(21-13)20-8-10-25(23,24)22-9-6-11-3-1-2-4-12(11)22/h1-5,7H,6,8-10H2,(H,19,20,21). The van der Waals surface area contributed by atoms with Crippen molar-refractivity contribution in [1.82, 2.24) is 9.97 Å². The van der Waals surface area contributed by atoms with Crippen LogP contribution in [0.3, 0.4) is 0 Å². The first-order valence-corrected chi connectivity index (χ1v) is 9.11. The molecular weight excluding hydrogens is 357 g/mol. The Morgan fingerprint density at radius 2 is 1.96 bits per heavy atom. The first kappa shape index (κ1) is 17.5. The van der Waals surface area contributed by atoms with Crippen LogP contribution in [0.5, 0.6) is 0 Å². The van der Waals surface area contributed by atoms with E-state index in [1.807, 2.05) is 12.1 Å². The summed E-state index contributed by atoms with van der Waals surface area (Å²) in [4.78, 5) is 7.02. The van der Waals surface area contributed by atoms with Crippen LogP contribution in [0.1, 0.15) is 11.3 Å². The summed E-state index contributed by atoms with van der Waals surface area (Å²) in [6.45, 7) is 0.268. The highest BCUT2D eigenvalue weighted by molar-refractivity contribution is 7.92. The highest BCUT2D eigenvalue weighted by atomic mass is 32.2. The molecule has 1 aliphatic heterocycles. The van der Waals surface area contributed by atoms with Gasteiger partial charge in [-0.2, -0.15) is 13.2 Å². The molecular formula is C15H15F3N4O2S. The van der Waals surface area contributed by atoms with Gasteiger partial charge in [0.25, 0.3) is 0 Å². The molecule has 1 aromatic heterocycles. The van der Waals surface area contributed by atoms with Crippen LogP contribution < -0.4 is 9.62 Å². The Morgan fingerprint density at radius 1 is 1.20 bits per heavy atom. The number of aromatic nitrogens is 2. The van der Waals surface area contributed by atoms with Gasteiger partial charge in [-0.3, -0.25) is 4.31 Å². The van der Waals surface area contributed by atoms with E-state index in [9.17, 15) is 21.6 Å². The number of benzene rings is 1. The van der Waals surface area contributed by atoms with E-state index in [2.05, 4.69) is 15.3 Å². The number of alkyl halides is 3. The van der Waals surface area contributed by atoms with E-state index in [-0.39, 0.29) is 18.2 Å². The van der Waals surface area contributed by atoms with Gasteiger partial charge in [-0.25, -0.2) is 18.4 Å². The SMILES string of the molecule is O=S(=O)(CCNc1nccc(C(F)(F)F)n1)N1CCc2ccccc21. The Morgan fingerprint density at radius 3 is 2.72 bits per heavy atom. The van der Waals surface area contributed by atoms with E-state index in [1.54, 1.807) is 12.1 Å². The number of halogens is 3. The molecule has 2 heterocycles. The number of nitrogens with zero attached hydrogens (tertiary/aromatic N) is 3. The van der Waals surface area contributed by atoms with Gasteiger partial charge < -0.3 is 5.32 Å². The van der Waals surface area contributed by atoms with Crippen LogP contribution in [-0.4, -0.2) is 37.2 Å². The van der Waals surface area contributed by atoms with Gasteiger partial charge in [-0.1, -0.05) is 18.2 Å². The average molecular weight is 372 g/mol. The number of anilines is 2. The Hall–Kier alpha value is -2.36. The smallest absolute Gasteiger partial charge is 0.353 e. The number of hydrogen-bond acceptors (Lipinski definition) is 5. The van der Waals surface area contributed by atoms with Crippen LogP contribution in [0.2, 0.25) is 0 Å². The maximum absolute atomic E-state index is 12.6. The van der Waals surface area contributed by atoms with Crippen LogP contribution in [0.4, 0.5) is 24.8 Å². The van der Waals surface area contributed by atoms with Gasteiger partial charge in [0.05, 0.1) is 11.4 Å². The van der Waals surface area contributed by atoms with E-state index in [0.717, 1.165) is 17.8 Å². The van der Waals surface area contributed by atoms with Crippen LogP contribution >= 0.6 is 0 Å². The summed E-state index contributed by atoms with van der Waals surface area (Å²) in [5.41, 5.74) is 0.527. The summed E-state index contributed by atoms with van der Waals surface area (Å²) < 4.78 is 64.1. The lowest BCUT2D eigenvalue weighted by molar-refractivity contribution is -0.141. The molecule has 1 aliphatic rings. The molecule has 0 fully saturated rings. The van der Waals surface area contributed by atoms with Gasteiger partial charge in [-0.15, -0.1) is 0 Å². The highest BCUT2D eigenvalue weighted by Gasteiger charge is 2.33. The minimum Gasteiger partial charge on any atom is -0.353 e. The third-order valence-electron chi connectivity index (χ3n) is 3.77. The summed E-state index contributed by atoms with van der Waals surface area (Å²) in [5, 5.41) is 2.53. The number of fused-ring (bicyclic) bond motifs is 1. The normalized spacial score (nSPS) is 14.4. The Bertz CT molecular complexity index is 871. The van der Waals surface area contributed by atoms with Crippen LogP contribution in [-0.2, 0) is 22.6 Å². The number of hydrogen-bond donors (Lipinski definition) is 1. The summed E-state index contributed by atoms with van der Waals surface area (Å²) in [7, 11) is -3.59. The molecule has 6 nitrogen and oxygen atoms in total. The molecule has 0 saturated heterocycles. The van der Waals surface area contributed by atoms with Crippen molar-refractivity contribution in [3.63, 3.8) is 0 Å². The van der Waals surface area contributed by atoms with E-state index in [4.69, 9.17) is 0 Å². The third kappa shape index (κ3) is 3.84. The maximum Gasteiger partial charge on any atom is 0.433 e. The molecule has 0 saturated carbocycles. The molecule has 0 aliphatic carbocycles. The van der Waals surface area contributed by atoms with Crippen molar-refractivity contribution in [2.75, 3.05) is 28.5 Å². The summed E-state index contributed by atoms with van der Waals surface area (Å²) >= 11 is 0. The average Bonchev–Trinajstić information content (AvgIpc) is 2.99. The number of sulfonamides is 1. The second-order valence-corrected chi connectivity index (χ2v) is 7.47. The van der Waals surface area contributed by atoms with Crippen molar-refractivity contribution < 1.29 is 21.6 Å². The molecule has 0 bridgehead atoms. The molecule has 1 aromatic carbocycles. The topological polar surface area (TPSA) is 75.2 Å². The molecule has 0 spiro atoms. The quantitative estimate of drug-likeness (QED) is 0.872. The Balaban J connectivity index is 1.64. The maximum atomic E-state index is 12.6. The Kier molecular flexibility index (Phi) is 4.55. The molecule has 10 heteroatoms. The van der Waals surface area contributed by atoms with E-state index in [0.29, 0.717) is 18.7 Å². The van der Waals surface area contributed by atoms with Crippen molar-refractivity contribution in [1.29, 1.82) is 0 Å². The molecule has 0 atom stereocenters. The van der Waals surface area contributed by atoms with E-state index in [1.165, 1.54) is 4.31 Å². The zero-order valence-corrected chi connectivity index (χ0v) is 13.8. The lowest BCUT2D eigenvalue weighted by Gasteiger charge is -2.19. The van der Waals surface area contributed by atoms with E-state index < -0.39 is 21.9 Å². The minimum absolute atomic E-state index is 0.0949. The van der Waals surface area contributed by atoms with Crippen molar-refractivity contribution in [3.05, 3.63) is 47.8 Å². The molecule has 0 radical (unpaired) electrons. The largest absolute Gasteiger partial charge is 0.433 e. The lowest BCUT2D eigenvalue weighted by Crippen LogP contribution is -2.33. The van der Waals surface area contributed by atoms with Crippen LogP contribution in [0.15, 0.2) is 36.5 Å². The third-order valence-corrected chi connectivity index (χ3v) is 5.54. The predicted molar refractivity (Wildman–Crippen MR) is 86.8 cm³/mol. The van der Waals surface area contributed by atoms with Crippen LogP contribution in [0.25, 0.3) is 0 Å². The van der Waals surface area contributed by atoms with Crippen molar-refractivity contribution in [2.24, 2.45) is 0 Å². The fourth-order valence-electron chi connectivity index (χ4n) is 2.60. The summed E-state index contributed by atoms with van der Waals surface area (Å²) in [6, 6.07) is 7.98. The second-order valence-electron chi connectivity index (χ2n) is 5.46. The fraction of sp³-hybridized carbons (Fsp3) is 0.333.